The Labute approximate surface area is 106 Å². The molecule has 102 valence electrons. The lowest BCUT2D eigenvalue weighted by Crippen LogP contribution is -2.14. The first kappa shape index (κ1) is 15.0. The monoisotopic (exact) mass is 259 g/mol. The van der Waals surface area contributed by atoms with Gasteiger partial charge >= 0.3 is 6.18 Å². The van der Waals surface area contributed by atoms with Crippen LogP contribution in [0.5, 0.6) is 0 Å². The van der Waals surface area contributed by atoms with Crippen molar-refractivity contribution in [3.8, 4) is 0 Å². The lowest BCUT2D eigenvalue weighted by molar-refractivity contribution is -0.137. The lowest BCUT2D eigenvalue weighted by Gasteiger charge is -2.17. The van der Waals surface area contributed by atoms with Gasteiger partial charge in [0.15, 0.2) is 0 Å². The van der Waals surface area contributed by atoms with Gasteiger partial charge < -0.3 is 5.73 Å². The summed E-state index contributed by atoms with van der Waals surface area (Å²) in [5.41, 5.74) is 6.15. The number of nitrogens with two attached hydrogens (primary N) is 1. The molecule has 0 radical (unpaired) electrons. The molecule has 2 atom stereocenters. The van der Waals surface area contributed by atoms with E-state index in [-0.39, 0.29) is 6.04 Å². The van der Waals surface area contributed by atoms with Crippen molar-refractivity contribution in [3.05, 3.63) is 35.4 Å². The topological polar surface area (TPSA) is 26.0 Å². The molecule has 1 aromatic carbocycles. The molecule has 0 aliphatic carbocycles. The van der Waals surface area contributed by atoms with Crippen LogP contribution in [0.2, 0.25) is 0 Å². The van der Waals surface area contributed by atoms with Gasteiger partial charge in [-0.15, -0.1) is 0 Å². The second kappa shape index (κ2) is 6.23. The molecule has 1 rings (SSSR count). The molecular weight excluding hydrogens is 239 g/mol. The van der Waals surface area contributed by atoms with E-state index in [0.29, 0.717) is 5.92 Å². The number of benzene rings is 1. The van der Waals surface area contributed by atoms with Crippen LogP contribution < -0.4 is 5.73 Å². The molecule has 18 heavy (non-hydrogen) atoms. The van der Waals surface area contributed by atoms with E-state index in [1.165, 1.54) is 12.1 Å². The molecule has 0 amide bonds. The maximum Gasteiger partial charge on any atom is 0.416 e. The van der Waals surface area contributed by atoms with Gasteiger partial charge in [0.2, 0.25) is 0 Å². The van der Waals surface area contributed by atoms with Crippen LogP contribution in [0, 0.1) is 5.92 Å². The van der Waals surface area contributed by atoms with E-state index in [1.54, 1.807) is 0 Å². The summed E-state index contributed by atoms with van der Waals surface area (Å²) in [6.45, 7) is 4.23. The van der Waals surface area contributed by atoms with Gasteiger partial charge in [-0.1, -0.05) is 38.8 Å². The zero-order chi connectivity index (χ0) is 13.8. The standard InChI is InChI=1S/C14H20F3N/c1-3-4-10(2)9-13(18)11-5-7-12(8-6-11)14(15,16)17/h5-8,10,13H,3-4,9,18H2,1-2H3. The third kappa shape index (κ3) is 4.33. The number of hydrogen-bond donors (Lipinski definition) is 1. The highest BCUT2D eigenvalue weighted by Crippen LogP contribution is 2.30. The molecule has 0 saturated heterocycles. The Morgan fingerprint density at radius 3 is 2.17 bits per heavy atom. The first-order chi connectivity index (χ1) is 8.34. The molecule has 0 aromatic heterocycles. The summed E-state index contributed by atoms with van der Waals surface area (Å²) in [5.74, 6) is 0.493. The fourth-order valence-corrected chi connectivity index (χ4v) is 2.10. The van der Waals surface area contributed by atoms with Crippen LogP contribution in [-0.2, 0) is 6.18 Å². The van der Waals surface area contributed by atoms with Crippen molar-refractivity contribution in [3.63, 3.8) is 0 Å². The number of hydrogen-bond acceptors (Lipinski definition) is 1. The van der Waals surface area contributed by atoms with Crippen LogP contribution in [0.25, 0.3) is 0 Å². The average Bonchev–Trinajstić information content (AvgIpc) is 2.28. The number of halogens is 3. The van der Waals surface area contributed by atoms with Crippen LogP contribution in [0.15, 0.2) is 24.3 Å². The van der Waals surface area contributed by atoms with E-state index >= 15 is 0 Å². The third-order valence-electron chi connectivity index (χ3n) is 3.10. The third-order valence-corrected chi connectivity index (χ3v) is 3.10. The zero-order valence-electron chi connectivity index (χ0n) is 10.8. The number of alkyl halides is 3. The van der Waals surface area contributed by atoms with Crippen molar-refractivity contribution in [2.45, 2.75) is 45.3 Å². The van der Waals surface area contributed by atoms with Crippen LogP contribution >= 0.6 is 0 Å². The summed E-state index contributed by atoms with van der Waals surface area (Å²) in [4.78, 5) is 0. The first-order valence-electron chi connectivity index (χ1n) is 6.27. The molecule has 0 aliphatic heterocycles. The molecule has 4 heteroatoms. The van der Waals surface area contributed by atoms with Crippen LogP contribution in [-0.4, -0.2) is 0 Å². The van der Waals surface area contributed by atoms with Gasteiger partial charge in [-0.2, -0.15) is 13.2 Å². The van der Waals surface area contributed by atoms with Gasteiger partial charge in [0, 0.05) is 6.04 Å². The summed E-state index contributed by atoms with van der Waals surface area (Å²) in [5, 5.41) is 0. The van der Waals surface area contributed by atoms with E-state index in [4.69, 9.17) is 5.73 Å². The quantitative estimate of drug-likeness (QED) is 0.826. The van der Waals surface area contributed by atoms with Crippen LogP contribution in [0.3, 0.4) is 0 Å². The van der Waals surface area contributed by atoms with Crippen molar-refractivity contribution in [2.24, 2.45) is 11.7 Å². The van der Waals surface area contributed by atoms with Gasteiger partial charge in [-0.3, -0.25) is 0 Å². The van der Waals surface area contributed by atoms with Crippen molar-refractivity contribution in [2.75, 3.05) is 0 Å². The number of rotatable bonds is 5. The maximum atomic E-state index is 12.4. The Morgan fingerprint density at radius 1 is 1.17 bits per heavy atom. The van der Waals surface area contributed by atoms with Gasteiger partial charge in [0.25, 0.3) is 0 Å². The van der Waals surface area contributed by atoms with Crippen molar-refractivity contribution in [1.29, 1.82) is 0 Å². The predicted octanol–water partition coefficient (Wildman–Crippen LogP) is 4.53. The zero-order valence-corrected chi connectivity index (χ0v) is 10.8. The fourth-order valence-electron chi connectivity index (χ4n) is 2.10. The molecule has 2 unspecified atom stereocenters. The SMILES string of the molecule is CCCC(C)CC(N)c1ccc(C(F)(F)F)cc1. The minimum Gasteiger partial charge on any atom is -0.324 e. The van der Waals surface area contributed by atoms with E-state index in [2.05, 4.69) is 13.8 Å². The molecule has 0 aliphatic rings. The minimum atomic E-state index is -4.28. The molecule has 0 bridgehead atoms. The van der Waals surface area contributed by atoms with Crippen LogP contribution in [0.1, 0.15) is 50.3 Å². The minimum absolute atomic E-state index is 0.186. The fraction of sp³-hybridized carbons (Fsp3) is 0.571. The summed E-state index contributed by atoms with van der Waals surface area (Å²) in [7, 11) is 0. The second-order valence-electron chi connectivity index (χ2n) is 4.86. The van der Waals surface area contributed by atoms with Gasteiger partial charge in [0.1, 0.15) is 0 Å². The van der Waals surface area contributed by atoms with Gasteiger partial charge in [-0.25, -0.2) is 0 Å². The highest BCUT2D eigenvalue weighted by molar-refractivity contribution is 5.26. The normalized spacial score (nSPS) is 15.4. The van der Waals surface area contributed by atoms with Crippen molar-refractivity contribution >= 4 is 0 Å². The van der Waals surface area contributed by atoms with Crippen molar-refractivity contribution < 1.29 is 13.2 Å². The Morgan fingerprint density at radius 2 is 1.72 bits per heavy atom. The predicted molar refractivity (Wildman–Crippen MR) is 67.1 cm³/mol. The Kier molecular flexibility index (Phi) is 5.20. The molecule has 0 fully saturated rings. The molecule has 1 nitrogen and oxygen atoms in total. The van der Waals surface area contributed by atoms with Crippen LogP contribution in [0.4, 0.5) is 13.2 Å². The Hall–Kier alpha value is -1.03. The smallest absolute Gasteiger partial charge is 0.324 e. The summed E-state index contributed by atoms with van der Waals surface area (Å²) >= 11 is 0. The van der Waals surface area contributed by atoms with Gasteiger partial charge in [-0.05, 0) is 30.0 Å². The molecule has 0 heterocycles. The average molecular weight is 259 g/mol. The molecule has 2 N–H and O–H groups in total. The molecule has 1 aromatic rings. The summed E-state index contributed by atoms with van der Waals surface area (Å²) < 4.78 is 37.2. The lowest BCUT2D eigenvalue weighted by atomic mass is 9.93. The second-order valence-corrected chi connectivity index (χ2v) is 4.86. The molecule has 0 spiro atoms. The maximum absolute atomic E-state index is 12.4. The van der Waals surface area contributed by atoms with Crippen molar-refractivity contribution in [1.82, 2.24) is 0 Å². The summed E-state index contributed by atoms with van der Waals surface area (Å²) in [6.07, 6.45) is -1.29. The van der Waals surface area contributed by atoms with E-state index < -0.39 is 11.7 Å². The molecular formula is C14H20F3N. The van der Waals surface area contributed by atoms with Gasteiger partial charge in [0.05, 0.1) is 5.56 Å². The Balaban J connectivity index is 2.67. The molecule has 0 saturated carbocycles. The van der Waals surface area contributed by atoms with E-state index in [1.807, 2.05) is 0 Å². The van der Waals surface area contributed by atoms with E-state index in [9.17, 15) is 13.2 Å². The highest BCUT2D eigenvalue weighted by Gasteiger charge is 2.30. The first-order valence-corrected chi connectivity index (χ1v) is 6.27. The Bertz CT molecular complexity index is 356. The largest absolute Gasteiger partial charge is 0.416 e. The highest BCUT2D eigenvalue weighted by atomic mass is 19.4. The summed E-state index contributed by atoms with van der Waals surface area (Å²) in [6, 6.07) is 4.96. The van der Waals surface area contributed by atoms with E-state index in [0.717, 1.165) is 37.0 Å².